The molecule has 5 rings (SSSR count). The van der Waals surface area contributed by atoms with Crippen LogP contribution in [0.3, 0.4) is 0 Å². The zero-order valence-corrected chi connectivity index (χ0v) is 14.0. The minimum absolute atomic E-state index is 0.411. The van der Waals surface area contributed by atoms with Crippen LogP contribution in [0.1, 0.15) is 74.3 Å². The topological polar surface area (TPSA) is 72.9 Å². The quantitative estimate of drug-likeness (QED) is 0.862. The first kappa shape index (κ1) is 14.4. The molecular formula is C17H24N6O. The van der Waals surface area contributed by atoms with Gasteiger partial charge in [-0.1, -0.05) is 11.6 Å². The van der Waals surface area contributed by atoms with Crippen molar-refractivity contribution in [1.29, 1.82) is 0 Å². The van der Waals surface area contributed by atoms with Crippen molar-refractivity contribution in [2.24, 2.45) is 0 Å². The van der Waals surface area contributed by atoms with E-state index < -0.39 is 0 Å². The summed E-state index contributed by atoms with van der Waals surface area (Å²) in [5.41, 5.74) is 0. The fraction of sp³-hybridized carbons (Fsp3) is 0.765. The van der Waals surface area contributed by atoms with E-state index in [2.05, 4.69) is 29.8 Å². The highest BCUT2D eigenvalue weighted by Gasteiger charge is 2.32. The normalized spacial score (nSPS) is 24.7. The van der Waals surface area contributed by atoms with E-state index in [9.17, 15) is 0 Å². The third-order valence-corrected chi connectivity index (χ3v) is 5.57. The second kappa shape index (κ2) is 5.86. The van der Waals surface area contributed by atoms with Gasteiger partial charge in [0.05, 0.1) is 0 Å². The second-order valence-corrected chi connectivity index (χ2v) is 7.43. The smallest absolute Gasteiger partial charge is 0.324 e. The molecule has 7 heteroatoms. The molecule has 0 spiro atoms. The molecule has 0 aromatic carbocycles. The standard InChI is InChI=1S/C17H24N6O/c1-2-6-14-19-20-16(23(14)10-3-1)13-5-4-9-22(11-13)17-18-15(21-24-17)12-7-8-12/h12-13H,1-11H2. The van der Waals surface area contributed by atoms with Crippen LogP contribution in [0.4, 0.5) is 6.01 Å². The van der Waals surface area contributed by atoms with Gasteiger partial charge in [0.25, 0.3) is 0 Å². The predicted molar refractivity (Wildman–Crippen MR) is 88.0 cm³/mol. The SMILES string of the molecule is C1CCc2nnc(C3CCCN(c4nc(C5CC5)no4)C3)n2CC1. The Morgan fingerprint density at radius 2 is 1.88 bits per heavy atom. The largest absolute Gasteiger partial charge is 0.324 e. The molecule has 1 aliphatic carbocycles. The van der Waals surface area contributed by atoms with Crippen LogP contribution in [0.25, 0.3) is 0 Å². The fourth-order valence-electron chi connectivity index (χ4n) is 4.03. The molecule has 0 radical (unpaired) electrons. The number of anilines is 1. The lowest BCUT2D eigenvalue weighted by molar-refractivity contribution is 0.382. The monoisotopic (exact) mass is 328 g/mol. The van der Waals surface area contributed by atoms with E-state index in [1.165, 1.54) is 43.8 Å². The number of hydrogen-bond acceptors (Lipinski definition) is 6. The molecule has 0 bridgehead atoms. The van der Waals surface area contributed by atoms with Crippen molar-refractivity contribution in [3.8, 4) is 0 Å². The van der Waals surface area contributed by atoms with E-state index in [1.54, 1.807) is 0 Å². The Morgan fingerprint density at radius 3 is 2.79 bits per heavy atom. The number of fused-ring (bicyclic) bond motifs is 1. The first-order chi connectivity index (χ1) is 11.9. The Morgan fingerprint density at radius 1 is 0.917 bits per heavy atom. The molecule has 1 saturated carbocycles. The molecule has 0 N–H and O–H groups in total. The van der Waals surface area contributed by atoms with Crippen LogP contribution in [0, 0.1) is 0 Å². The molecule has 128 valence electrons. The van der Waals surface area contributed by atoms with Crippen LogP contribution >= 0.6 is 0 Å². The molecule has 2 fully saturated rings. The summed E-state index contributed by atoms with van der Waals surface area (Å²) in [5.74, 6) is 4.18. The molecule has 2 aromatic heterocycles. The zero-order chi connectivity index (χ0) is 15.9. The highest BCUT2D eigenvalue weighted by atomic mass is 16.5. The van der Waals surface area contributed by atoms with Crippen molar-refractivity contribution < 1.29 is 4.52 Å². The second-order valence-electron chi connectivity index (χ2n) is 7.43. The van der Waals surface area contributed by atoms with Gasteiger partial charge in [-0.2, -0.15) is 4.98 Å². The summed E-state index contributed by atoms with van der Waals surface area (Å²) >= 11 is 0. The molecule has 4 heterocycles. The van der Waals surface area contributed by atoms with Gasteiger partial charge in [0.2, 0.25) is 0 Å². The molecule has 24 heavy (non-hydrogen) atoms. The number of hydrogen-bond donors (Lipinski definition) is 0. The van der Waals surface area contributed by atoms with Crippen LogP contribution in [0.15, 0.2) is 4.52 Å². The van der Waals surface area contributed by atoms with Gasteiger partial charge in [-0.25, -0.2) is 0 Å². The van der Waals surface area contributed by atoms with Crippen molar-refractivity contribution >= 4 is 6.01 Å². The lowest BCUT2D eigenvalue weighted by Gasteiger charge is -2.30. The fourth-order valence-corrected chi connectivity index (χ4v) is 4.03. The maximum Gasteiger partial charge on any atom is 0.324 e. The van der Waals surface area contributed by atoms with Crippen LogP contribution < -0.4 is 4.90 Å². The molecular weight excluding hydrogens is 304 g/mol. The Kier molecular flexibility index (Phi) is 3.52. The summed E-state index contributed by atoms with van der Waals surface area (Å²) < 4.78 is 7.91. The summed E-state index contributed by atoms with van der Waals surface area (Å²) in [6.45, 7) is 2.97. The number of piperidine rings is 1. The molecule has 2 aromatic rings. The highest BCUT2D eigenvalue weighted by molar-refractivity contribution is 5.29. The van der Waals surface area contributed by atoms with Crippen molar-refractivity contribution in [1.82, 2.24) is 24.9 Å². The van der Waals surface area contributed by atoms with Gasteiger partial charge in [-0.3, -0.25) is 0 Å². The minimum Gasteiger partial charge on any atom is -0.324 e. The van der Waals surface area contributed by atoms with E-state index in [0.717, 1.165) is 44.7 Å². The maximum absolute atomic E-state index is 5.53. The number of nitrogens with zero attached hydrogens (tertiary/aromatic N) is 6. The van der Waals surface area contributed by atoms with Crippen molar-refractivity contribution in [2.75, 3.05) is 18.0 Å². The Hall–Kier alpha value is -1.92. The van der Waals surface area contributed by atoms with Crippen molar-refractivity contribution in [3.63, 3.8) is 0 Å². The van der Waals surface area contributed by atoms with Gasteiger partial charge in [0.15, 0.2) is 5.82 Å². The van der Waals surface area contributed by atoms with E-state index >= 15 is 0 Å². The number of aromatic nitrogens is 5. The summed E-state index contributed by atoms with van der Waals surface area (Å²) in [6, 6.07) is 0.692. The zero-order valence-electron chi connectivity index (χ0n) is 14.0. The minimum atomic E-state index is 0.411. The van der Waals surface area contributed by atoms with Crippen LogP contribution in [0.5, 0.6) is 0 Å². The Labute approximate surface area is 141 Å². The van der Waals surface area contributed by atoms with E-state index in [0.29, 0.717) is 17.9 Å². The van der Waals surface area contributed by atoms with Crippen LogP contribution in [-0.2, 0) is 13.0 Å². The molecule has 7 nitrogen and oxygen atoms in total. The summed E-state index contributed by atoms with van der Waals surface area (Å²) in [4.78, 5) is 6.86. The molecule has 1 saturated heterocycles. The summed E-state index contributed by atoms with van der Waals surface area (Å²) in [5, 5.41) is 13.2. The lowest BCUT2D eigenvalue weighted by Crippen LogP contribution is -2.35. The van der Waals surface area contributed by atoms with E-state index in [4.69, 9.17) is 4.52 Å². The maximum atomic E-state index is 5.53. The first-order valence-electron chi connectivity index (χ1n) is 9.39. The first-order valence-corrected chi connectivity index (χ1v) is 9.39. The van der Waals surface area contributed by atoms with E-state index in [-0.39, 0.29) is 0 Å². The third-order valence-electron chi connectivity index (χ3n) is 5.57. The van der Waals surface area contributed by atoms with Gasteiger partial charge in [-0.05, 0) is 38.5 Å². The number of rotatable bonds is 3. The van der Waals surface area contributed by atoms with Gasteiger partial charge >= 0.3 is 6.01 Å². The van der Waals surface area contributed by atoms with Crippen LogP contribution in [0.2, 0.25) is 0 Å². The van der Waals surface area contributed by atoms with E-state index in [1.807, 2.05) is 0 Å². The van der Waals surface area contributed by atoms with Gasteiger partial charge in [0, 0.05) is 37.9 Å². The lowest BCUT2D eigenvalue weighted by atomic mass is 9.97. The Balaban J connectivity index is 1.36. The third kappa shape index (κ3) is 2.59. The molecule has 2 aliphatic heterocycles. The summed E-state index contributed by atoms with van der Waals surface area (Å²) in [6.07, 6.45) is 9.54. The Bertz CT molecular complexity index is 718. The van der Waals surface area contributed by atoms with Crippen molar-refractivity contribution in [2.45, 2.75) is 69.7 Å². The summed E-state index contributed by atoms with van der Waals surface area (Å²) in [7, 11) is 0. The van der Waals surface area contributed by atoms with Gasteiger partial charge in [-0.15, -0.1) is 10.2 Å². The van der Waals surface area contributed by atoms with Gasteiger partial charge < -0.3 is 14.0 Å². The molecule has 1 atom stereocenters. The molecule has 0 amide bonds. The average molecular weight is 328 g/mol. The predicted octanol–water partition coefficient (Wildman–Crippen LogP) is 2.65. The number of aryl methyl sites for hydroxylation is 1. The molecule has 3 aliphatic rings. The average Bonchev–Trinajstić information content (AvgIpc) is 3.29. The highest BCUT2D eigenvalue weighted by Crippen LogP contribution is 2.39. The van der Waals surface area contributed by atoms with Crippen LogP contribution in [-0.4, -0.2) is 38.0 Å². The molecule has 1 unspecified atom stereocenters. The van der Waals surface area contributed by atoms with Gasteiger partial charge in [0.1, 0.15) is 11.6 Å². The van der Waals surface area contributed by atoms with Crippen molar-refractivity contribution in [3.05, 3.63) is 17.5 Å².